The van der Waals surface area contributed by atoms with Gasteiger partial charge in [0, 0.05) is 19.9 Å². The molecule has 0 heterocycles. The third-order valence-electron chi connectivity index (χ3n) is 4.39. The number of hydrogen-bond donors (Lipinski definition) is 1. The van der Waals surface area contributed by atoms with Gasteiger partial charge in [-0.3, -0.25) is 4.79 Å². The van der Waals surface area contributed by atoms with Crippen molar-refractivity contribution >= 4 is 23.2 Å². The lowest BCUT2D eigenvalue weighted by molar-refractivity contribution is -0.141. The van der Waals surface area contributed by atoms with Crippen LogP contribution in [-0.4, -0.2) is 38.4 Å². The zero-order valence-electron chi connectivity index (χ0n) is 14.6. The summed E-state index contributed by atoms with van der Waals surface area (Å²) in [5.74, 6) is 0.459. The minimum Gasteiger partial charge on any atom is -0.487 e. The fraction of sp³-hybridized carbons (Fsp3) is 0.611. The van der Waals surface area contributed by atoms with Crippen LogP contribution in [0.15, 0.2) is 18.2 Å². The van der Waals surface area contributed by atoms with Crippen LogP contribution in [0.3, 0.4) is 0 Å². The van der Waals surface area contributed by atoms with Crippen LogP contribution in [-0.2, 0) is 14.3 Å². The van der Waals surface area contributed by atoms with E-state index in [1.54, 1.807) is 32.4 Å². The van der Waals surface area contributed by atoms with Crippen molar-refractivity contribution < 1.29 is 19.0 Å². The van der Waals surface area contributed by atoms with Gasteiger partial charge in [-0.05, 0) is 38.0 Å². The molecule has 1 amide bonds. The van der Waals surface area contributed by atoms with Gasteiger partial charge in [0.15, 0.2) is 0 Å². The number of hydrogen-bond acceptors (Lipinski definition) is 4. The third-order valence-corrected chi connectivity index (χ3v) is 4.68. The lowest BCUT2D eigenvalue weighted by Crippen LogP contribution is -2.46. The molecule has 0 bridgehead atoms. The molecule has 1 atom stereocenters. The summed E-state index contributed by atoms with van der Waals surface area (Å²) in [6.07, 6.45) is 4.55. The number of benzene rings is 1. The normalized spacial score (nSPS) is 18.0. The van der Waals surface area contributed by atoms with Gasteiger partial charge in [-0.1, -0.05) is 30.9 Å². The van der Waals surface area contributed by atoms with Crippen molar-refractivity contribution in [3.05, 3.63) is 23.2 Å². The zero-order valence-corrected chi connectivity index (χ0v) is 15.3. The average Bonchev–Trinajstić information content (AvgIpc) is 2.58. The van der Waals surface area contributed by atoms with Crippen LogP contribution in [0, 0.1) is 0 Å². The van der Waals surface area contributed by atoms with Crippen LogP contribution in [0.25, 0.3) is 0 Å². The molecule has 0 aliphatic heterocycles. The van der Waals surface area contributed by atoms with E-state index in [1.807, 2.05) is 6.92 Å². The second-order valence-electron chi connectivity index (χ2n) is 6.24. The minimum absolute atomic E-state index is 0.105. The maximum atomic E-state index is 12.7. The smallest absolute Gasteiger partial charge is 0.256 e. The molecule has 1 aliphatic rings. The largest absolute Gasteiger partial charge is 0.487 e. The Balaban J connectivity index is 2.04. The van der Waals surface area contributed by atoms with Gasteiger partial charge in [-0.25, -0.2) is 0 Å². The molecule has 0 spiro atoms. The molecule has 1 saturated carbocycles. The number of rotatable bonds is 7. The number of halogens is 1. The highest BCUT2D eigenvalue weighted by Crippen LogP contribution is 2.33. The van der Waals surface area contributed by atoms with Crippen LogP contribution in [0.5, 0.6) is 5.75 Å². The first-order chi connectivity index (χ1) is 11.5. The number of ether oxygens (including phenoxy) is 3. The monoisotopic (exact) mass is 355 g/mol. The summed E-state index contributed by atoms with van der Waals surface area (Å²) in [5.41, 5.74) is -0.0916. The van der Waals surface area contributed by atoms with Gasteiger partial charge < -0.3 is 19.5 Å². The molecule has 1 aliphatic carbocycles. The van der Waals surface area contributed by atoms with Gasteiger partial charge in [-0.2, -0.15) is 0 Å². The lowest BCUT2D eigenvalue weighted by atomic mass is 9.84. The Morgan fingerprint density at radius 3 is 2.58 bits per heavy atom. The van der Waals surface area contributed by atoms with Crippen LogP contribution in [0.1, 0.15) is 39.0 Å². The quantitative estimate of drug-likeness (QED) is 0.801. The summed E-state index contributed by atoms with van der Waals surface area (Å²) in [6.45, 7) is 2.38. The summed E-state index contributed by atoms with van der Waals surface area (Å²) >= 11 is 6.26. The highest BCUT2D eigenvalue weighted by molar-refractivity contribution is 6.32. The fourth-order valence-corrected chi connectivity index (χ4v) is 3.28. The molecular formula is C18H26ClNO4. The van der Waals surface area contributed by atoms with Crippen molar-refractivity contribution in [1.82, 2.24) is 0 Å². The van der Waals surface area contributed by atoms with Crippen LogP contribution >= 0.6 is 11.6 Å². The van der Waals surface area contributed by atoms with E-state index in [0.717, 1.165) is 32.1 Å². The number of carbonyl (C=O) groups is 1. The molecule has 1 N–H and O–H groups in total. The summed E-state index contributed by atoms with van der Waals surface area (Å²) < 4.78 is 16.3. The number of carbonyl (C=O) groups excluding carboxylic acids is 1. The van der Waals surface area contributed by atoms with E-state index in [4.69, 9.17) is 25.8 Å². The SMILES string of the molecule is COCC(C)Oc1ccc(NC(=O)C2(OC)CCCCC2)cc1Cl. The molecule has 1 aromatic carbocycles. The number of anilines is 1. The van der Waals surface area contributed by atoms with E-state index in [1.165, 1.54) is 0 Å². The van der Waals surface area contributed by atoms with E-state index in [9.17, 15) is 4.79 Å². The van der Waals surface area contributed by atoms with E-state index >= 15 is 0 Å². The topological polar surface area (TPSA) is 56.8 Å². The molecular weight excluding hydrogens is 330 g/mol. The maximum Gasteiger partial charge on any atom is 0.256 e. The molecule has 1 unspecified atom stereocenters. The van der Waals surface area contributed by atoms with E-state index < -0.39 is 5.60 Å². The Morgan fingerprint density at radius 1 is 1.29 bits per heavy atom. The molecule has 1 fully saturated rings. The van der Waals surface area contributed by atoms with Crippen LogP contribution < -0.4 is 10.1 Å². The van der Waals surface area contributed by atoms with Crippen molar-refractivity contribution in [2.75, 3.05) is 26.1 Å². The highest BCUT2D eigenvalue weighted by atomic mass is 35.5. The second kappa shape index (κ2) is 8.70. The maximum absolute atomic E-state index is 12.7. The van der Waals surface area contributed by atoms with Gasteiger partial charge >= 0.3 is 0 Å². The van der Waals surface area contributed by atoms with Crippen LogP contribution in [0.2, 0.25) is 5.02 Å². The van der Waals surface area contributed by atoms with Gasteiger partial charge in [0.2, 0.25) is 0 Å². The summed E-state index contributed by atoms with van der Waals surface area (Å²) in [4.78, 5) is 12.7. The minimum atomic E-state index is -0.729. The van der Waals surface area contributed by atoms with E-state index in [-0.39, 0.29) is 12.0 Å². The Morgan fingerprint density at radius 2 is 2.00 bits per heavy atom. The standard InChI is InChI=1S/C18H26ClNO4/c1-13(12-22-2)24-16-8-7-14(11-15(16)19)20-17(21)18(23-3)9-5-4-6-10-18/h7-8,11,13H,4-6,9-10,12H2,1-3H3,(H,20,21). The first-order valence-corrected chi connectivity index (χ1v) is 8.70. The molecule has 0 saturated heterocycles. The Labute approximate surface area is 148 Å². The van der Waals surface area contributed by atoms with Crippen molar-refractivity contribution in [2.24, 2.45) is 0 Å². The van der Waals surface area contributed by atoms with E-state index in [0.29, 0.717) is 23.1 Å². The van der Waals surface area contributed by atoms with Crippen molar-refractivity contribution in [3.63, 3.8) is 0 Å². The molecule has 0 aromatic heterocycles. The summed E-state index contributed by atoms with van der Waals surface area (Å²) in [5, 5.41) is 3.37. The summed E-state index contributed by atoms with van der Waals surface area (Å²) in [7, 11) is 3.23. The number of amides is 1. The molecule has 6 heteroatoms. The Kier molecular flexibility index (Phi) is 6.90. The van der Waals surface area contributed by atoms with Crippen molar-refractivity contribution in [2.45, 2.75) is 50.7 Å². The molecule has 5 nitrogen and oxygen atoms in total. The van der Waals surface area contributed by atoms with E-state index in [2.05, 4.69) is 5.32 Å². The number of nitrogens with one attached hydrogen (secondary N) is 1. The van der Waals surface area contributed by atoms with Crippen molar-refractivity contribution in [1.29, 1.82) is 0 Å². The van der Waals surface area contributed by atoms with Gasteiger partial charge in [0.05, 0.1) is 11.6 Å². The third kappa shape index (κ3) is 4.62. The molecule has 134 valence electrons. The van der Waals surface area contributed by atoms with Crippen LogP contribution in [0.4, 0.5) is 5.69 Å². The average molecular weight is 356 g/mol. The Bertz CT molecular complexity index is 558. The number of methoxy groups -OCH3 is 2. The highest BCUT2D eigenvalue weighted by Gasteiger charge is 2.39. The molecule has 2 rings (SSSR count). The van der Waals surface area contributed by atoms with Crippen molar-refractivity contribution in [3.8, 4) is 5.75 Å². The predicted octanol–water partition coefficient (Wildman–Crippen LogP) is 4.04. The van der Waals surface area contributed by atoms with Gasteiger partial charge in [0.25, 0.3) is 5.91 Å². The molecule has 1 aromatic rings. The zero-order chi connectivity index (χ0) is 17.6. The molecule has 24 heavy (non-hydrogen) atoms. The Hall–Kier alpha value is -1.30. The van der Waals surface area contributed by atoms with Gasteiger partial charge in [0.1, 0.15) is 17.5 Å². The predicted molar refractivity (Wildman–Crippen MR) is 94.9 cm³/mol. The van der Waals surface area contributed by atoms with Gasteiger partial charge in [-0.15, -0.1) is 0 Å². The fourth-order valence-electron chi connectivity index (χ4n) is 3.05. The summed E-state index contributed by atoms with van der Waals surface area (Å²) in [6, 6.07) is 5.23. The first-order valence-electron chi connectivity index (χ1n) is 8.32. The first kappa shape index (κ1) is 19.0. The molecule has 0 radical (unpaired) electrons. The lowest BCUT2D eigenvalue weighted by Gasteiger charge is -2.34. The second-order valence-corrected chi connectivity index (χ2v) is 6.65.